The Labute approximate surface area is 94.7 Å². The molecule has 1 unspecified atom stereocenters. The Hall–Kier alpha value is -1.89. The molecular formula is C13H13N3. The van der Waals surface area contributed by atoms with Crippen molar-refractivity contribution in [3.8, 4) is 12.3 Å². The fourth-order valence-electron chi connectivity index (χ4n) is 1.79. The summed E-state index contributed by atoms with van der Waals surface area (Å²) in [6.45, 7) is 0. The third-order valence-electron chi connectivity index (χ3n) is 2.56. The van der Waals surface area contributed by atoms with Crippen LogP contribution < -0.4 is 11.3 Å². The highest BCUT2D eigenvalue weighted by atomic mass is 15.2. The summed E-state index contributed by atoms with van der Waals surface area (Å²) in [4.78, 5) is 4.37. The minimum absolute atomic E-state index is 0.0522. The van der Waals surface area contributed by atoms with Crippen LogP contribution in [0.3, 0.4) is 0 Å². The van der Waals surface area contributed by atoms with Gasteiger partial charge in [0.2, 0.25) is 0 Å². The average molecular weight is 211 g/mol. The van der Waals surface area contributed by atoms with Gasteiger partial charge in [-0.05, 0) is 11.6 Å². The predicted octanol–water partition coefficient (Wildman–Crippen LogP) is 1.76. The number of nitrogens with one attached hydrogen (secondary N) is 1. The van der Waals surface area contributed by atoms with Crippen molar-refractivity contribution >= 4 is 10.9 Å². The second-order valence-corrected chi connectivity index (χ2v) is 3.55. The first-order valence-electron chi connectivity index (χ1n) is 5.10. The summed E-state index contributed by atoms with van der Waals surface area (Å²) in [7, 11) is 0. The Kier molecular flexibility index (Phi) is 3.16. The van der Waals surface area contributed by atoms with Gasteiger partial charge in [0.1, 0.15) is 0 Å². The van der Waals surface area contributed by atoms with Gasteiger partial charge in [0.15, 0.2) is 0 Å². The minimum atomic E-state index is -0.0522. The molecule has 0 amide bonds. The maximum Gasteiger partial charge on any atom is 0.0750 e. The lowest BCUT2D eigenvalue weighted by Gasteiger charge is -2.14. The Morgan fingerprint density at radius 1 is 1.38 bits per heavy atom. The number of benzene rings is 1. The van der Waals surface area contributed by atoms with Crippen molar-refractivity contribution in [1.29, 1.82) is 0 Å². The smallest absolute Gasteiger partial charge is 0.0750 e. The first kappa shape index (κ1) is 10.6. The number of hydrazine groups is 1. The molecule has 1 heterocycles. The topological polar surface area (TPSA) is 50.9 Å². The molecule has 2 rings (SSSR count). The highest BCUT2D eigenvalue weighted by Gasteiger charge is 2.11. The molecule has 1 aromatic carbocycles. The van der Waals surface area contributed by atoms with E-state index in [1.165, 1.54) is 0 Å². The number of fused-ring (bicyclic) bond motifs is 1. The molecule has 0 radical (unpaired) electrons. The molecule has 16 heavy (non-hydrogen) atoms. The van der Waals surface area contributed by atoms with Gasteiger partial charge in [0.05, 0.1) is 11.6 Å². The lowest BCUT2D eigenvalue weighted by molar-refractivity contribution is 0.571. The van der Waals surface area contributed by atoms with E-state index in [9.17, 15) is 0 Å². The van der Waals surface area contributed by atoms with E-state index in [0.29, 0.717) is 6.42 Å². The zero-order valence-corrected chi connectivity index (χ0v) is 8.85. The van der Waals surface area contributed by atoms with E-state index in [1.807, 2.05) is 30.3 Å². The third kappa shape index (κ3) is 1.89. The van der Waals surface area contributed by atoms with Gasteiger partial charge in [-0.1, -0.05) is 24.3 Å². The van der Waals surface area contributed by atoms with Gasteiger partial charge in [0.25, 0.3) is 0 Å². The van der Waals surface area contributed by atoms with Crippen LogP contribution in [0.5, 0.6) is 0 Å². The van der Waals surface area contributed by atoms with Crippen LogP contribution in [0, 0.1) is 12.3 Å². The van der Waals surface area contributed by atoms with Crippen molar-refractivity contribution in [2.75, 3.05) is 0 Å². The van der Waals surface area contributed by atoms with E-state index < -0.39 is 0 Å². The fourth-order valence-corrected chi connectivity index (χ4v) is 1.79. The number of rotatable bonds is 3. The van der Waals surface area contributed by atoms with Crippen molar-refractivity contribution in [3.63, 3.8) is 0 Å². The van der Waals surface area contributed by atoms with Crippen molar-refractivity contribution in [2.24, 2.45) is 5.84 Å². The molecule has 1 atom stereocenters. The van der Waals surface area contributed by atoms with E-state index in [0.717, 1.165) is 16.5 Å². The van der Waals surface area contributed by atoms with E-state index in [-0.39, 0.29) is 6.04 Å². The van der Waals surface area contributed by atoms with Gasteiger partial charge in [-0.15, -0.1) is 12.3 Å². The Morgan fingerprint density at radius 3 is 2.94 bits per heavy atom. The van der Waals surface area contributed by atoms with Crippen LogP contribution in [-0.2, 0) is 0 Å². The Balaban J connectivity index is 2.55. The molecule has 3 nitrogen and oxygen atoms in total. The Morgan fingerprint density at radius 2 is 2.19 bits per heavy atom. The van der Waals surface area contributed by atoms with Crippen molar-refractivity contribution < 1.29 is 0 Å². The van der Waals surface area contributed by atoms with E-state index in [1.54, 1.807) is 6.20 Å². The molecule has 2 aromatic rings. The molecule has 0 aliphatic heterocycles. The van der Waals surface area contributed by atoms with Crippen LogP contribution in [0.4, 0.5) is 0 Å². The molecule has 0 bridgehead atoms. The summed E-state index contributed by atoms with van der Waals surface area (Å²) in [6, 6.07) is 9.89. The Bertz CT molecular complexity index is 523. The first-order valence-corrected chi connectivity index (χ1v) is 5.10. The summed E-state index contributed by atoms with van der Waals surface area (Å²) in [6.07, 6.45) is 7.64. The summed E-state index contributed by atoms with van der Waals surface area (Å²) in [5.41, 5.74) is 4.72. The molecule has 3 heteroatoms. The van der Waals surface area contributed by atoms with Gasteiger partial charge >= 0.3 is 0 Å². The monoisotopic (exact) mass is 211 g/mol. The highest BCUT2D eigenvalue weighted by molar-refractivity contribution is 5.82. The molecule has 0 fully saturated rings. The SMILES string of the molecule is C#CCC(NN)c1cccc2cccnc12. The van der Waals surface area contributed by atoms with Gasteiger partial charge in [-0.3, -0.25) is 16.3 Å². The molecule has 0 spiro atoms. The number of hydrogen-bond acceptors (Lipinski definition) is 3. The number of nitrogens with two attached hydrogens (primary N) is 1. The summed E-state index contributed by atoms with van der Waals surface area (Å²) in [5.74, 6) is 8.12. The molecule has 80 valence electrons. The standard InChI is InChI=1S/C13H13N3/c1-2-5-12(16-14)11-8-3-6-10-7-4-9-15-13(10)11/h1,3-4,6-9,12,16H,5,14H2. The van der Waals surface area contributed by atoms with Crippen LogP contribution >= 0.6 is 0 Å². The van der Waals surface area contributed by atoms with Gasteiger partial charge in [-0.25, -0.2) is 0 Å². The number of para-hydroxylation sites is 1. The summed E-state index contributed by atoms with van der Waals surface area (Å²) >= 11 is 0. The molecule has 0 saturated carbocycles. The minimum Gasteiger partial charge on any atom is -0.271 e. The molecule has 0 aliphatic carbocycles. The van der Waals surface area contributed by atoms with E-state index in [4.69, 9.17) is 12.3 Å². The largest absolute Gasteiger partial charge is 0.271 e. The molecule has 1 aromatic heterocycles. The number of terminal acetylenes is 1. The second-order valence-electron chi connectivity index (χ2n) is 3.55. The lowest BCUT2D eigenvalue weighted by Crippen LogP contribution is -2.27. The fraction of sp³-hybridized carbons (Fsp3) is 0.154. The van der Waals surface area contributed by atoms with E-state index >= 15 is 0 Å². The summed E-state index contributed by atoms with van der Waals surface area (Å²) in [5, 5.41) is 1.09. The zero-order chi connectivity index (χ0) is 11.4. The molecular weight excluding hydrogens is 198 g/mol. The normalized spacial score (nSPS) is 12.2. The molecule has 3 N–H and O–H groups in total. The third-order valence-corrected chi connectivity index (χ3v) is 2.56. The maximum atomic E-state index is 5.51. The quantitative estimate of drug-likeness (QED) is 0.462. The number of hydrogen-bond donors (Lipinski definition) is 2. The highest BCUT2D eigenvalue weighted by Crippen LogP contribution is 2.23. The van der Waals surface area contributed by atoms with Crippen LogP contribution in [0.2, 0.25) is 0 Å². The number of pyridine rings is 1. The summed E-state index contributed by atoms with van der Waals surface area (Å²) < 4.78 is 0. The van der Waals surface area contributed by atoms with Crippen LogP contribution in [0.15, 0.2) is 36.5 Å². The van der Waals surface area contributed by atoms with Crippen LogP contribution in [0.25, 0.3) is 10.9 Å². The maximum absolute atomic E-state index is 5.51. The molecule has 0 saturated heterocycles. The van der Waals surface area contributed by atoms with Crippen LogP contribution in [0.1, 0.15) is 18.0 Å². The number of aromatic nitrogens is 1. The zero-order valence-electron chi connectivity index (χ0n) is 8.85. The van der Waals surface area contributed by atoms with Crippen molar-refractivity contribution in [1.82, 2.24) is 10.4 Å². The van der Waals surface area contributed by atoms with E-state index in [2.05, 4.69) is 16.3 Å². The second kappa shape index (κ2) is 4.75. The van der Waals surface area contributed by atoms with Crippen molar-refractivity contribution in [3.05, 3.63) is 42.1 Å². The molecule has 0 aliphatic rings. The predicted molar refractivity (Wildman–Crippen MR) is 65.3 cm³/mol. The van der Waals surface area contributed by atoms with Gasteiger partial charge in [-0.2, -0.15) is 0 Å². The first-order chi connectivity index (χ1) is 7.86. The van der Waals surface area contributed by atoms with Crippen LogP contribution in [-0.4, -0.2) is 4.98 Å². The number of nitrogens with zero attached hydrogens (tertiary/aromatic N) is 1. The van der Waals surface area contributed by atoms with Crippen molar-refractivity contribution in [2.45, 2.75) is 12.5 Å². The van der Waals surface area contributed by atoms with Gasteiger partial charge < -0.3 is 0 Å². The average Bonchev–Trinajstić information content (AvgIpc) is 2.35. The van der Waals surface area contributed by atoms with Gasteiger partial charge in [0, 0.05) is 18.0 Å². The lowest BCUT2D eigenvalue weighted by atomic mass is 10.0.